The number of carbonyl (C=O) groups is 1. The summed E-state index contributed by atoms with van der Waals surface area (Å²) in [7, 11) is 0. The molecule has 0 radical (unpaired) electrons. The van der Waals surface area contributed by atoms with Gasteiger partial charge in [-0.25, -0.2) is 0 Å². The van der Waals surface area contributed by atoms with Gasteiger partial charge >= 0.3 is 5.97 Å². The van der Waals surface area contributed by atoms with E-state index in [9.17, 15) is 4.79 Å². The van der Waals surface area contributed by atoms with Gasteiger partial charge in [0.25, 0.3) is 0 Å². The van der Waals surface area contributed by atoms with Crippen molar-refractivity contribution in [3.63, 3.8) is 0 Å². The number of nitrogens with one attached hydrogen (secondary N) is 1. The van der Waals surface area contributed by atoms with Crippen LogP contribution in [0, 0.1) is 6.92 Å². The summed E-state index contributed by atoms with van der Waals surface area (Å²) in [5.41, 5.74) is 1.26. The van der Waals surface area contributed by atoms with Gasteiger partial charge in [0, 0.05) is 36.8 Å². The van der Waals surface area contributed by atoms with E-state index in [2.05, 4.69) is 41.4 Å². The third-order valence-corrected chi connectivity index (χ3v) is 4.30. The molecule has 1 fully saturated rings. The van der Waals surface area contributed by atoms with E-state index in [0.717, 1.165) is 25.4 Å². The molecule has 0 aliphatic carbocycles. The van der Waals surface area contributed by atoms with Crippen LogP contribution < -0.4 is 5.32 Å². The van der Waals surface area contributed by atoms with Gasteiger partial charge in [-0.15, -0.1) is 11.8 Å². The van der Waals surface area contributed by atoms with Crippen LogP contribution in [0.3, 0.4) is 0 Å². The van der Waals surface area contributed by atoms with Crippen LogP contribution in [0.2, 0.25) is 0 Å². The molecule has 104 valence electrons. The predicted molar refractivity (Wildman–Crippen MR) is 77.8 cm³/mol. The zero-order chi connectivity index (χ0) is 13.7. The third-order valence-electron chi connectivity index (χ3n) is 3.31. The zero-order valence-corrected chi connectivity index (χ0v) is 11.9. The van der Waals surface area contributed by atoms with Gasteiger partial charge in [-0.1, -0.05) is 17.7 Å². The van der Waals surface area contributed by atoms with Gasteiger partial charge in [0.2, 0.25) is 0 Å². The smallest absolute Gasteiger partial charge is 0.322 e. The molecule has 2 N–H and O–H groups in total. The zero-order valence-electron chi connectivity index (χ0n) is 11.1. The number of aliphatic carboxylic acids is 1. The predicted octanol–water partition coefficient (Wildman–Crippen LogP) is 1.45. The summed E-state index contributed by atoms with van der Waals surface area (Å²) in [5.74, 6) is 0.194. The Bertz CT molecular complexity index is 422. The molecule has 1 aliphatic rings. The van der Waals surface area contributed by atoms with Crippen molar-refractivity contribution in [3.05, 3.63) is 29.8 Å². The Labute approximate surface area is 118 Å². The van der Waals surface area contributed by atoms with E-state index < -0.39 is 5.97 Å². The first-order valence-corrected chi connectivity index (χ1v) is 7.52. The molecule has 4 nitrogen and oxygen atoms in total. The summed E-state index contributed by atoms with van der Waals surface area (Å²) >= 11 is 1.78. The second kappa shape index (κ2) is 6.93. The van der Waals surface area contributed by atoms with Crippen LogP contribution in [0.25, 0.3) is 0 Å². The largest absolute Gasteiger partial charge is 0.480 e. The van der Waals surface area contributed by atoms with Crippen molar-refractivity contribution in [2.75, 3.05) is 31.9 Å². The lowest BCUT2D eigenvalue weighted by atomic mass is 10.2. The van der Waals surface area contributed by atoms with Gasteiger partial charge in [-0.3, -0.25) is 9.69 Å². The molecular weight excluding hydrogens is 260 g/mol. The van der Waals surface area contributed by atoms with Crippen LogP contribution in [0.1, 0.15) is 5.56 Å². The van der Waals surface area contributed by atoms with Gasteiger partial charge in [0.1, 0.15) is 6.04 Å². The van der Waals surface area contributed by atoms with Gasteiger partial charge in [0.05, 0.1) is 0 Å². The van der Waals surface area contributed by atoms with Crippen LogP contribution in [-0.2, 0) is 4.79 Å². The first-order chi connectivity index (χ1) is 9.16. The third kappa shape index (κ3) is 4.23. The summed E-state index contributed by atoms with van der Waals surface area (Å²) < 4.78 is 0. The Hall–Kier alpha value is -1.04. The Kier molecular flexibility index (Phi) is 5.24. The van der Waals surface area contributed by atoms with E-state index in [1.54, 1.807) is 11.8 Å². The second-order valence-electron chi connectivity index (χ2n) is 4.76. The lowest BCUT2D eigenvalue weighted by Crippen LogP contribution is -2.55. The Morgan fingerprint density at radius 3 is 2.89 bits per heavy atom. The van der Waals surface area contributed by atoms with Gasteiger partial charge in [0.15, 0.2) is 0 Å². The van der Waals surface area contributed by atoms with E-state index in [0.29, 0.717) is 6.54 Å². The molecule has 2 rings (SSSR count). The maximum Gasteiger partial charge on any atom is 0.322 e. The summed E-state index contributed by atoms with van der Waals surface area (Å²) in [4.78, 5) is 14.4. The van der Waals surface area contributed by atoms with Crippen molar-refractivity contribution >= 4 is 17.7 Å². The molecule has 0 amide bonds. The molecular formula is C14H20N2O2S. The van der Waals surface area contributed by atoms with Gasteiger partial charge in [-0.2, -0.15) is 0 Å². The Morgan fingerprint density at radius 2 is 2.21 bits per heavy atom. The van der Waals surface area contributed by atoms with Crippen molar-refractivity contribution < 1.29 is 9.90 Å². The summed E-state index contributed by atoms with van der Waals surface area (Å²) in [6.45, 7) is 5.12. The van der Waals surface area contributed by atoms with E-state index in [4.69, 9.17) is 5.11 Å². The number of benzene rings is 1. The monoisotopic (exact) mass is 280 g/mol. The highest BCUT2D eigenvalue weighted by atomic mass is 32.2. The number of carboxylic acid groups (broad SMARTS) is 1. The average molecular weight is 280 g/mol. The van der Waals surface area contributed by atoms with Crippen molar-refractivity contribution in [3.8, 4) is 0 Å². The number of rotatable bonds is 5. The van der Waals surface area contributed by atoms with Crippen molar-refractivity contribution in [1.29, 1.82) is 0 Å². The molecule has 19 heavy (non-hydrogen) atoms. The molecule has 1 aromatic carbocycles. The summed E-state index contributed by atoms with van der Waals surface area (Å²) in [6, 6.07) is 8.06. The highest BCUT2D eigenvalue weighted by Gasteiger charge is 2.27. The number of thioether (sulfide) groups is 1. The molecule has 0 spiro atoms. The van der Waals surface area contributed by atoms with E-state index >= 15 is 0 Å². The number of piperazine rings is 1. The molecule has 1 aromatic rings. The fraction of sp³-hybridized carbons (Fsp3) is 0.500. The number of aryl methyl sites for hydroxylation is 1. The molecule has 1 unspecified atom stereocenters. The lowest BCUT2D eigenvalue weighted by molar-refractivity contribution is -0.143. The van der Waals surface area contributed by atoms with Crippen LogP contribution >= 0.6 is 11.8 Å². The normalized spacial score (nSPS) is 20.4. The standard InChI is InChI=1S/C14H20N2O2S/c1-11-2-4-12(5-3-11)19-9-8-16-7-6-15-10-13(16)14(17)18/h2-5,13,15H,6-10H2,1H3,(H,17,18). The van der Waals surface area contributed by atoms with Gasteiger partial charge in [-0.05, 0) is 19.1 Å². The lowest BCUT2D eigenvalue weighted by Gasteiger charge is -2.33. The highest BCUT2D eigenvalue weighted by Crippen LogP contribution is 2.18. The summed E-state index contributed by atoms with van der Waals surface area (Å²) in [5, 5.41) is 12.3. The number of nitrogens with zero attached hydrogens (tertiary/aromatic N) is 1. The highest BCUT2D eigenvalue weighted by molar-refractivity contribution is 7.99. The SMILES string of the molecule is Cc1ccc(SCCN2CCNCC2C(=O)O)cc1. The number of hydrogen-bond donors (Lipinski definition) is 2. The van der Waals surface area contributed by atoms with Crippen LogP contribution in [0.4, 0.5) is 0 Å². The van der Waals surface area contributed by atoms with Crippen LogP contribution in [0.5, 0.6) is 0 Å². The quantitative estimate of drug-likeness (QED) is 0.800. The maximum atomic E-state index is 11.1. The summed E-state index contributed by atoms with van der Waals surface area (Å²) in [6.07, 6.45) is 0. The average Bonchev–Trinajstić information content (AvgIpc) is 2.41. The first kappa shape index (κ1) is 14.4. The molecule has 5 heteroatoms. The Morgan fingerprint density at radius 1 is 1.47 bits per heavy atom. The number of hydrogen-bond acceptors (Lipinski definition) is 4. The second-order valence-corrected chi connectivity index (χ2v) is 5.92. The first-order valence-electron chi connectivity index (χ1n) is 6.54. The van der Waals surface area contributed by atoms with Crippen molar-refractivity contribution in [2.24, 2.45) is 0 Å². The molecule has 1 heterocycles. The number of carboxylic acids is 1. The minimum absolute atomic E-state index is 0.382. The molecule has 0 saturated carbocycles. The van der Waals surface area contributed by atoms with E-state index in [1.165, 1.54) is 10.5 Å². The molecule has 1 saturated heterocycles. The van der Waals surface area contributed by atoms with E-state index in [1.807, 2.05) is 0 Å². The van der Waals surface area contributed by atoms with Crippen LogP contribution in [-0.4, -0.2) is 53.9 Å². The van der Waals surface area contributed by atoms with Crippen molar-refractivity contribution in [2.45, 2.75) is 17.9 Å². The topological polar surface area (TPSA) is 52.6 Å². The van der Waals surface area contributed by atoms with Gasteiger partial charge < -0.3 is 10.4 Å². The molecule has 1 atom stereocenters. The minimum atomic E-state index is -0.729. The minimum Gasteiger partial charge on any atom is -0.480 e. The van der Waals surface area contributed by atoms with Crippen LogP contribution in [0.15, 0.2) is 29.2 Å². The molecule has 0 bridgehead atoms. The molecule has 1 aliphatic heterocycles. The Balaban J connectivity index is 1.80. The van der Waals surface area contributed by atoms with Crippen molar-refractivity contribution in [1.82, 2.24) is 10.2 Å². The van der Waals surface area contributed by atoms with E-state index in [-0.39, 0.29) is 6.04 Å². The maximum absolute atomic E-state index is 11.1. The fourth-order valence-corrected chi connectivity index (χ4v) is 3.06. The fourth-order valence-electron chi connectivity index (χ4n) is 2.17. The molecule has 0 aromatic heterocycles.